The van der Waals surface area contributed by atoms with E-state index in [1.54, 1.807) is 19.2 Å². The van der Waals surface area contributed by atoms with E-state index in [2.05, 4.69) is 0 Å². The maximum absolute atomic E-state index is 12.1. The molecule has 0 aromatic heterocycles. The minimum absolute atomic E-state index is 0.111. The second-order valence-electron chi connectivity index (χ2n) is 4.33. The third-order valence-electron chi connectivity index (χ3n) is 3.09. The van der Waals surface area contributed by atoms with Gasteiger partial charge in [0.05, 0.1) is 12.3 Å². The molecule has 1 unspecified atom stereocenters. The number of hydrogen-bond acceptors (Lipinski definition) is 4. The third kappa shape index (κ3) is 2.28. The van der Waals surface area contributed by atoms with Gasteiger partial charge >= 0.3 is 0 Å². The highest BCUT2D eigenvalue weighted by Crippen LogP contribution is 2.42. The quantitative estimate of drug-likeness (QED) is 0.780. The van der Waals surface area contributed by atoms with Crippen LogP contribution in [0.5, 0.6) is 11.5 Å². The van der Waals surface area contributed by atoms with E-state index < -0.39 is 6.10 Å². The highest BCUT2D eigenvalue weighted by atomic mass is 16.5. The Morgan fingerprint density at radius 1 is 1.42 bits per heavy atom. The molecule has 1 atom stereocenters. The summed E-state index contributed by atoms with van der Waals surface area (Å²) in [5, 5.41) is 0. The summed E-state index contributed by atoms with van der Waals surface area (Å²) in [5.74, 6) is 0.918. The van der Waals surface area contributed by atoms with Gasteiger partial charge in [-0.25, -0.2) is 0 Å². The van der Waals surface area contributed by atoms with Gasteiger partial charge in [0.1, 0.15) is 6.29 Å². The minimum Gasteiger partial charge on any atom is -0.490 e. The molecule has 1 aliphatic heterocycles. The molecule has 2 rings (SSSR count). The van der Waals surface area contributed by atoms with Gasteiger partial charge in [-0.1, -0.05) is 6.92 Å². The Morgan fingerprint density at radius 3 is 2.74 bits per heavy atom. The van der Waals surface area contributed by atoms with E-state index in [0.717, 1.165) is 6.29 Å². The number of aldehydes is 1. The van der Waals surface area contributed by atoms with Crippen molar-refractivity contribution in [2.75, 3.05) is 18.6 Å². The Labute approximate surface area is 112 Å². The zero-order valence-corrected chi connectivity index (χ0v) is 11.3. The first-order valence-electron chi connectivity index (χ1n) is 6.32. The minimum atomic E-state index is -0.501. The molecule has 0 saturated heterocycles. The lowest BCUT2D eigenvalue weighted by Gasteiger charge is -2.32. The molecule has 0 N–H and O–H groups in total. The van der Waals surface area contributed by atoms with E-state index in [1.807, 2.05) is 13.8 Å². The molecule has 0 bridgehead atoms. The molecule has 0 aliphatic carbocycles. The van der Waals surface area contributed by atoms with Crippen molar-refractivity contribution >= 4 is 17.9 Å². The fourth-order valence-corrected chi connectivity index (χ4v) is 2.09. The summed E-state index contributed by atoms with van der Waals surface area (Å²) >= 11 is 0. The lowest BCUT2D eigenvalue weighted by Crippen LogP contribution is -2.43. The van der Waals surface area contributed by atoms with Crippen LogP contribution in [0.1, 0.15) is 30.6 Å². The summed E-state index contributed by atoms with van der Waals surface area (Å²) in [4.78, 5) is 24.5. The van der Waals surface area contributed by atoms with Crippen molar-refractivity contribution in [3.05, 3.63) is 17.7 Å². The Balaban J connectivity index is 2.55. The van der Waals surface area contributed by atoms with Crippen LogP contribution in [-0.4, -0.2) is 32.0 Å². The van der Waals surface area contributed by atoms with Crippen LogP contribution >= 0.6 is 0 Å². The van der Waals surface area contributed by atoms with Crippen LogP contribution in [0.3, 0.4) is 0 Å². The average molecular weight is 263 g/mol. The van der Waals surface area contributed by atoms with Gasteiger partial charge in [-0.05, 0) is 25.5 Å². The predicted octanol–water partition coefficient (Wildman–Crippen LogP) is 2.03. The number of hydrogen-bond donors (Lipinski definition) is 0. The third-order valence-corrected chi connectivity index (χ3v) is 3.09. The summed E-state index contributed by atoms with van der Waals surface area (Å²) in [6, 6.07) is 3.26. The molecule has 1 aromatic rings. The molecular formula is C14H17NO4. The number of rotatable bonds is 4. The van der Waals surface area contributed by atoms with Crippen molar-refractivity contribution in [2.45, 2.75) is 26.4 Å². The van der Waals surface area contributed by atoms with Gasteiger partial charge in [-0.3, -0.25) is 9.59 Å². The number of carbonyl (C=O) groups excluding carboxylic acids is 2. The smallest absolute Gasteiger partial charge is 0.267 e. The summed E-state index contributed by atoms with van der Waals surface area (Å²) in [7, 11) is 1.68. The van der Waals surface area contributed by atoms with Gasteiger partial charge in [0, 0.05) is 12.6 Å². The molecule has 0 radical (unpaired) electrons. The Bertz CT molecular complexity index is 512. The molecule has 0 spiro atoms. The number of benzene rings is 1. The molecule has 1 aliphatic rings. The highest BCUT2D eigenvalue weighted by molar-refractivity contribution is 6.01. The van der Waals surface area contributed by atoms with Gasteiger partial charge in [0.2, 0.25) is 0 Å². The van der Waals surface area contributed by atoms with E-state index >= 15 is 0 Å². The standard InChI is InChI=1S/C14H17NO4/c1-4-11-14(17)15(3)10-6-9(8-16)7-12(18-5-2)13(10)19-11/h6-8,11H,4-5H2,1-3H3. The maximum Gasteiger partial charge on any atom is 0.267 e. The molecule has 0 saturated carbocycles. The predicted molar refractivity (Wildman–Crippen MR) is 71.1 cm³/mol. The van der Waals surface area contributed by atoms with Gasteiger partial charge in [-0.15, -0.1) is 0 Å². The second-order valence-corrected chi connectivity index (χ2v) is 4.33. The van der Waals surface area contributed by atoms with Gasteiger partial charge in [-0.2, -0.15) is 0 Å². The molecular weight excluding hydrogens is 246 g/mol. The van der Waals surface area contributed by atoms with Crippen LogP contribution in [-0.2, 0) is 4.79 Å². The van der Waals surface area contributed by atoms with E-state index in [-0.39, 0.29) is 5.91 Å². The number of carbonyl (C=O) groups is 2. The molecule has 0 fully saturated rings. The summed E-state index contributed by atoms with van der Waals surface area (Å²) in [5.41, 5.74) is 1.03. The normalized spacial score (nSPS) is 17.7. The van der Waals surface area contributed by atoms with Crippen molar-refractivity contribution in [3.63, 3.8) is 0 Å². The number of anilines is 1. The molecule has 1 heterocycles. The number of likely N-dealkylation sites (N-methyl/N-ethyl adjacent to an activating group) is 1. The summed E-state index contributed by atoms with van der Waals surface area (Å²) in [6.45, 7) is 4.21. The molecule has 1 aromatic carbocycles. The van der Waals surface area contributed by atoms with Crippen LogP contribution in [0.2, 0.25) is 0 Å². The number of amides is 1. The topological polar surface area (TPSA) is 55.8 Å². The summed E-state index contributed by atoms with van der Waals surface area (Å²) in [6.07, 6.45) is 0.815. The van der Waals surface area contributed by atoms with Crippen molar-refractivity contribution in [1.82, 2.24) is 0 Å². The first-order chi connectivity index (χ1) is 9.12. The number of fused-ring (bicyclic) bond motifs is 1. The largest absolute Gasteiger partial charge is 0.490 e. The van der Waals surface area contributed by atoms with Crippen molar-refractivity contribution in [2.24, 2.45) is 0 Å². The van der Waals surface area contributed by atoms with Crippen LogP contribution in [0.15, 0.2) is 12.1 Å². The highest BCUT2D eigenvalue weighted by Gasteiger charge is 2.33. The molecule has 1 amide bonds. The van der Waals surface area contributed by atoms with E-state index in [9.17, 15) is 9.59 Å². The Kier molecular flexibility index (Phi) is 3.74. The van der Waals surface area contributed by atoms with Crippen LogP contribution in [0.25, 0.3) is 0 Å². The first-order valence-corrected chi connectivity index (χ1v) is 6.32. The van der Waals surface area contributed by atoms with E-state index in [0.29, 0.717) is 35.8 Å². The SMILES string of the molecule is CCOc1cc(C=O)cc2c1OC(CC)C(=O)N2C. The van der Waals surface area contributed by atoms with Crippen molar-refractivity contribution in [1.29, 1.82) is 0 Å². The average Bonchev–Trinajstić information content (AvgIpc) is 2.43. The van der Waals surface area contributed by atoms with Crippen LogP contribution in [0, 0.1) is 0 Å². The van der Waals surface area contributed by atoms with Crippen molar-refractivity contribution < 1.29 is 19.1 Å². The fourth-order valence-electron chi connectivity index (χ4n) is 2.09. The maximum atomic E-state index is 12.1. The number of nitrogens with zero attached hydrogens (tertiary/aromatic N) is 1. The lowest BCUT2D eigenvalue weighted by atomic mass is 10.1. The van der Waals surface area contributed by atoms with Crippen LogP contribution in [0.4, 0.5) is 5.69 Å². The lowest BCUT2D eigenvalue weighted by molar-refractivity contribution is -0.126. The van der Waals surface area contributed by atoms with Gasteiger partial charge in [0.25, 0.3) is 5.91 Å². The van der Waals surface area contributed by atoms with E-state index in [4.69, 9.17) is 9.47 Å². The van der Waals surface area contributed by atoms with Crippen LogP contribution < -0.4 is 14.4 Å². The van der Waals surface area contributed by atoms with E-state index in [1.165, 1.54) is 4.90 Å². The summed E-state index contributed by atoms with van der Waals surface area (Å²) < 4.78 is 11.2. The zero-order chi connectivity index (χ0) is 14.0. The second kappa shape index (κ2) is 5.30. The van der Waals surface area contributed by atoms with Gasteiger partial charge < -0.3 is 14.4 Å². The van der Waals surface area contributed by atoms with Crippen molar-refractivity contribution in [3.8, 4) is 11.5 Å². The fraction of sp³-hybridized carbons (Fsp3) is 0.429. The van der Waals surface area contributed by atoms with Gasteiger partial charge in [0.15, 0.2) is 17.6 Å². The zero-order valence-electron chi connectivity index (χ0n) is 11.3. The Morgan fingerprint density at radius 2 is 2.16 bits per heavy atom. The molecule has 5 nitrogen and oxygen atoms in total. The monoisotopic (exact) mass is 263 g/mol. The Hall–Kier alpha value is -2.04. The first kappa shape index (κ1) is 13.4. The molecule has 5 heteroatoms. The molecule has 102 valence electrons. The molecule has 19 heavy (non-hydrogen) atoms. The number of ether oxygens (including phenoxy) is 2.